The van der Waals surface area contributed by atoms with Crippen molar-refractivity contribution in [2.24, 2.45) is 0 Å². The quantitative estimate of drug-likeness (QED) is 0.803. The monoisotopic (exact) mass is 248 g/mol. The van der Waals surface area contributed by atoms with Gasteiger partial charge in [0.25, 0.3) is 0 Å². The van der Waals surface area contributed by atoms with Crippen molar-refractivity contribution in [1.82, 2.24) is 4.98 Å². The Balaban J connectivity index is 2.60. The summed E-state index contributed by atoms with van der Waals surface area (Å²) in [5.74, 6) is 0.714. The normalized spacial score (nSPS) is 11.3. The second-order valence-corrected chi connectivity index (χ2v) is 5.66. The van der Waals surface area contributed by atoms with Crippen molar-refractivity contribution in [3.8, 4) is 0 Å². The number of carbonyl (C=O) groups excluding carboxylic acids is 1. The maximum atomic E-state index is 11.7. The third kappa shape index (κ3) is 4.86. The van der Waals surface area contributed by atoms with E-state index < -0.39 is 0 Å². The van der Waals surface area contributed by atoms with Gasteiger partial charge in [-0.25, -0.2) is 4.98 Å². The average molecular weight is 248 g/mol. The smallest absolute Gasteiger partial charge is 0.225 e. The number of hydrogen-bond donors (Lipinski definition) is 1. The van der Waals surface area contributed by atoms with Crippen molar-refractivity contribution in [1.29, 1.82) is 0 Å². The summed E-state index contributed by atoms with van der Waals surface area (Å²) < 4.78 is 0. The zero-order chi connectivity index (χ0) is 13.6. The fourth-order valence-corrected chi connectivity index (χ4v) is 1.66. The molecule has 0 atom stereocenters. The average Bonchev–Trinajstić information content (AvgIpc) is 2.28. The van der Waals surface area contributed by atoms with Gasteiger partial charge in [-0.3, -0.25) is 4.79 Å². The zero-order valence-corrected chi connectivity index (χ0v) is 11.9. The molecule has 0 saturated carbocycles. The van der Waals surface area contributed by atoms with E-state index in [0.717, 1.165) is 25.0 Å². The van der Waals surface area contributed by atoms with Crippen molar-refractivity contribution in [3.63, 3.8) is 0 Å². The molecule has 3 heteroatoms. The van der Waals surface area contributed by atoms with Crippen LogP contribution in [0.25, 0.3) is 0 Å². The van der Waals surface area contributed by atoms with E-state index in [1.165, 1.54) is 0 Å². The molecule has 1 amide bonds. The Kier molecular flexibility index (Phi) is 5.32. The molecule has 1 aromatic heterocycles. The minimum absolute atomic E-state index is 0.00292. The van der Waals surface area contributed by atoms with Crippen LogP contribution >= 0.6 is 0 Å². The van der Waals surface area contributed by atoms with Crippen molar-refractivity contribution in [3.05, 3.63) is 23.9 Å². The maximum absolute atomic E-state index is 11.7. The van der Waals surface area contributed by atoms with Crippen LogP contribution < -0.4 is 5.32 Å². The third-order valence-corrected chi connectivity index (χ3v) is 2.79. The molecule has 0 aromatic carbocycles. The summed E-state index contributed by atoms with van der Waals surface area (Å²) in [6.45, 7) is 8.47. The van der Waals surface area contributed by atoms with E-state index >= 15 is 0 Å². The summed E-state index contributed by atoms with van der Waals surface area (Å²) in [4.78, 5) is 16.2. The molecule has 1 heterocycles. The van der Waals surface area contributed by atoms with Crippen LogP contribution in [0.2, 0.25) is 0 Å². The topological polar surface area (TPSA) is 42.0 Å². The highest BCUT2D eigenvalue weighted by molar-refractivity contribution is 5.89. The molecule has 0 bridgehead atoms. The van der Waals surface area contributed by atoms with Crippen LogP contribution in [0, 0.1) is 0 Å². The fourth-order valence-electron chi connectivity index (χ4n) is 1.66. The summed E-state index contributed by atoms with van der Waals surface area (Å²) >= 11 is 0. The van der Waals surface area contributed by atoms with Gasteiger partial charge in [0.15, 0.2) is 0 Å². The van der Waals surface area contributed by atoms with Crippen LogP contribution in [0.1, 0.15) is 59.1 Å². The molecular weight excluding hydrogens is 224 g/mol. The molecule has 1 rings (SSSR count). The molecule has 1 N–H and O–H groups in total. The lowest BCUT2D eigenvalue weighted by Crippen LogP contribution is -2.17. The molecule has 0 radical (unpaired) electrons. The molecule has 3 nitrogen and oxygen atoms in total. The fraction of sp³-hybridized carbons (Fsp3) is 0.600. The van der Waals surface area contributed by atoms with E-state index in [1.54, 1.807) is 0 Å². The lowest BCUT2D eigenvalue weighted by molar-refractivity contribution is -0.116. The second-order valence-electron chi connectivity index (χ2n) is 5.66. The van der Waals surface area contributed by atoms with Crippen LogP contribution in [-0.4, -0.2) is 10.9 Å². The van der Waals surface area contributed by atoms with Gasteiger partial charge in [0.2, 0.25) is 5.91 Å². The lowest BCUT2D eigenvalue weighted by Gasteiger charge is -2.18. The number of carbonyl (C=O) groups is 1. The van der Waals surface area contributed by atoms with Gasteiger partial charge in [-0.2, -0.15) is 0 Å². The summed E-state index contributed by atoms with van der Waals surface area (Å²) in [6.07, 6.45) is 3.75. The van der Waals surface area contributed by atoms with Crippen LogP contribution in [0.4, 0.5) is 5.82 Å². The van der Waals surface area contributed by atoms with Gasteiger partial charge in [0, 0.05) is 17.5 Å². The molecule has 0 aliphatic rings. The Morgan fingerprint density at radius 3 is 2.61 bits per heavy atom. The molecule has 1 aromatic rings. The van der Waals surface area contributed by atoms with Crippen molar-refractivity contribution >= 4 is 11.7 Å². The minimum atomic E-state index is 0.00292. The predicted octanol–water partition coefficient (Wildman–Crippen LogP) is 3.90. The van der Waals surface area contributed by atoms with Crippen LogP contribution in [0.5, 0.6) is 0 Å². The van der Waals surface area contributed by atoms with E-state index in [-0.39, 0.29) is 11.3 Å². The van der Waals surface area contributed by atoms with Gasteiger partial charge in [-0.15, -0.1) is 0 Å². The number of hydrogen-bond acceptors (Lipinski definition) is 2. The number of unbranched alkanes of at least 4 members (excludes halogenated alkanes) is 2. The number of anilines is 1. The summed E-state index contributed by atoms with van der Waals surface area (Å²) in [6, 6.07) is 5.77. The number of aromatic nitrogens is 1. The SMILES string of the molecule is CCCCCC(=O)Nc1cccc(C(C)(C)C)n1. The van der Waals surface area contributed by atoms with E-state index in [9.17, 15) is 4.79 Å². The van der Waals surface area contributed by atoms with Crippen LogP contribution in [0.15, 0.2) is 18.2 Å². The minimum Gasteiger partial charge on any atom is -0.311 e. The third-order valence-electron chi connectivity index (χ3n) is 2.79. The Labute approximate surface area is 110 Å². The summed E-state index contributed by atoms with van der Waals surface area (Å²) in [7, 11) is 0. The Morgan fingerprint density at radius 1 is 1.28 bits per heavy atom. The standard InChI is InChI=1S/C15H24N2O/c1-5-6-7-11-14(18)17-13-10-8-9-12(16-13)15(2,3)4/h8-10H,5-7,11H2,1-4H3,(H,16,17,18). The van der Waals surface area contributed by atoms with Crippen molar-refractivity contribution < 1.29 is 4.79 Å². The van der Waals surface area contributed by atoms with Gasteiger partial charge < -0.3 is 5.32 Å². The number of nitrogens with one attached hydrogen (secondary N) is 1. The molecule has 0 aliphatic carbocycles. The van der Waals surface area contributed by atoms with Gasteiger partial charge in [0.05, 0.1) is 0 Å². The summed E-state index contributed by atoms with van der Waals surface area (Å²) in [5.41, 5.74) is 0.997. The largest absolute Gasteiger partial charge is 0.311 e. The molecule has 0 fully saturated rings. The van der Waals surface area contributed by atoms with Gasteiger partial charge in [-0.1, -0.05) is 46.6 Å². The Morgan fingerprint density at radius 2 is 2.00 bits per heavy atom. The summed E-state index contributed by atoms with van der Waals surface area (Å²) in [5, 5.41) is 2.86. The first-order valence-corrected chi connectivity index (χ1v) is 6.71. The molecule has 0 saturated heterocycles. The molecule has 0 unspecified atom stereocenters. The highest BCUT2D eigenvalue weighted by Crippen LogP contribution is 2.21. The van der Waals surface area contributed by atoms with Crippen molar-refractivity contribution in [2.75, 3.05) is 5.32 Å². The van der Waals surface area contributed by atoms with Gasteiger partial charge in [-0.05, 0) is 18.6 Å². The van der Waals surface area contributed by atoms with E-state index in [2.05, 4.69) is 38.0 Å². The van der Waals surface area contributed by atoms with Crippen LogP contribution in [-0.2, 0) is 10.2 Å². The number of amides is 1. The van der Waals surface area contributed by atoms with E-state index in [1.807, 2.05) is 18.2 Å². The number of pyridine rings is 1. The lowest BCUT2D eigenvalue weighted by atomic mass is 9.92. The Bertz CT molecular complexity index is 394. The number of rotatable bonds is 5. The first-order valence-electron chi connectivity index (χ1n) is 6.71. The van der Waals surface area contributed by atoms with Crippen LogP contribution in [0.3, 0.4) is 0 Å². The molecule has 0 aliphatic heterocycles. The Hall–Kier alpha value is -1.38. The zero-order valence-electron chi connectivity index (χ0n) is 11.9. The second kappa shape index (κ2) is 6.53. The van der Waals surface area contributed by atoms with E-state index in [0.29, 0.717) is 12.2 Å². The number of nitrogens with zero attached hydrogens (tertiary/aromatic N) is 1. The highest BCUT2D eigenvalue weighted by Gasteiger charge is 2.15. The first-order chi connectivity index (χ1) is 8.43. The molecule has 100 valence electrons. The maximum Gasteiger partial charge on any atom is 0.225 e. The highest BCUT2D eigenvalue weighted by atomic mass is 16.1. The predicted molar refractivity (Wildman–Crippen MR) is 75.7 cm³/mol. The molecule has 18 heavy (non-hydrogen) atoms. The first kappa shape index (κ1) is 14.7. The van der Waals surface area contributed by atoms with E-state index in [4.69, 9.17) is 0 Å². The van der Waals surface area contributed by atoms with Crippen molar-refractivity contribution in [2.45, 2.75) is 58.8 Å². The van der Waals surface area contributed by atoms with Gasteiger partial charge >= 0.3 is 0 Å². The van der Waals surface area contributed by atoms with Gasteiger partial charge in [0.1, 0.15) is 5.82 Å². The molecule has 0 spiro atoms. The molecular formula is C15H24N2O.